The van der Waals surface area contributed by atoms with Gasteiger partial charge in [-0.05, 0) is 76.6 Å². The van der Waals surface area contributed by atoms with Crippen molar-refractivity contribution in [2.75, 3.05) is 26.2 Å². The number of nitrogens with one attached hydrogen (secondary N) is 4. The van der Waals surface area contributed by atoms with Gasteiger partial charge in [-0.15, -0.1) is 0 Å². The minimum absolute atomic E-state index is 0.00244. The molecule has 0 saturated carbocycles. The lowest BCUT2D eigenvalue weighted by molar-refractivity contribution is -0.158. The van der Waals surface area contributed by atoms with Crippen molar-refractivity contribution in [3.63, 3.8) is 0 Å². The maximum absolute atomic E-state index is 13.6. The van der Waals surface area contributed by atoms with Crippen molar-refractivity contribution in [3.05, 3.63) is 65.7 Å². The Labute approximate surface area is 322 Å². The first kappa shape index (κ1) is 44.4. The molecule has 55 heavy (non-hydrogen) atoms. The number of nitrogens with zero attached hydrogens (tertiary/aromatic N) is 1. The zero-order valence-electron chi connectivity index (χ0n) is 32.5. The molecule has 0 spiro atoms. The molecule has 2 aromatic carbocycles. The number of hydrogen-bond acceptors (Lipinski definition) is 10. The summed E-state index contributed by atoms with van der Waals surface area (Å²) >= 11 is 0. The number of benzene rings is 2. The number of amides is 5. The minimum Gasteiger partial charge on any atom is -0.493 e. The van der Waals surface area contributed by atoms with Gasteiger partial charge in [-0.2, -0.15) is 0 Å². The Hall–Kier alpha value is -5.02. The maximum Gasteiger partial charge on any atom is 0.333 e. The van der Waals surface area contributed by atoms with E-state index in [2.05, 4.69) is 21.3 Å². The molecule has 15 nitrogen and oxygen atoms in total. The van der Waals surface area contributed by atoms with Gasteiger partial charge in [0.2, 0.25) is 23.6 Å². The molecule has 1 aliphatic heterocycles. The van der Waals surface area contributed by atoms with E-state index < -0.39 is 78.0 Å². The van der Waals surface area contributed by atoms with Gasteiger partial charge in [-0.25, -0.2) is 4.79 Å². The molecule has 302 valence electrons. The quantitative estimate of drug-likeness (QED) is 0.114. The second-order valence-electron chi connectivity index (χ2n) is 14.7. The van der Waals surface area contributed by atoms with Crippen molar-refractivity contribution < 1.29 is 48.5 Å². The summed E-state index contributed by atoms with van der Waals surface area (Å²) in [4.78, 5) is 79.9. The lowest BCUT2D eigenvalue weighted by Crippen LogP contribution is -2.58. The number of ether oxygens (including phenoxy) is 2. The third-order valence-electron chi connectivity index (χ3n) is 8.71. The number of rotatable bonds is 19. The SMILES string of the molecule is CCCC(NC(=O)C1CCCCN1C(=O)CNC(=O)Cc1cccc(OCCC(C)O)c1)C(O)C(=O)NCC(=O)NC(C(=O)OC(C)(C)C)c1ccccc1. The number of aliphatic hydroxyl groups is 2. The smallest absolute Gasteiger partial charge is 0.333 e. The third kappa shape index (κ3) is 15.3. The first-order chi connectivity index (χ1) is 26.1. The molecule has 0 radical (unpaired) electrons. The molecule has 0 aliphatic carbocycles. The summed E-state index contributed by atoms with van der Waals surface area (Å²) in [5.41, 5.74) is 0.351. The predicted octanol–water partition coefficient (Wildman–Crippen LogP) is 1.84. The van der Waals surface area contributed by atoms with Crippen LogP contribution in [0.1, 0.15) is 90.3 Å². The number of piperidine rings is 1. The molecule has 1 saturated heterocycles. The zero-order valence-corrected chi connectivity index (χ0v) is 32.5. The summed E-state index contributed by atoms with van der Waals surface area (Å²) in [6.45, 7) is 8.33. The second kappa shape index (κ2) is 21.8. The second-order valence-corrected chi connectivity index (χ2v) is 14.7. The van der Waals surface area contributed by atoms with Gasteiger partial charge in [0, 0.05) is 13.0 Å². The summed E-state index contributed by atoms with van der Waals surface area (Å²) in [5.74, 6) is -3.10. The van der Waals surface area contributed by atoms with Crippen LogP contribution in [0.2, 0.25) is 0 Å². The third-order valence-corrected chi connectivity index (χ3v) is 8.71. The van der Waals surface area contributed by atoms with Crippen molar-refractivity contribution >= 4 is 35.5 Å². The maximum atomic E-state index is 13.6. The van der Waals surface area contributed by atoms with E-state index in [0.29, 0.717) is 62.1 Å². The predicted molar refractivity (Wildman–Crippen MR) is 203 cm³/mol. The van der Waals surface area contributed by atoms with E-state index >= 15 is 0 Å². The van der Waals surface area contributed by atoms with Crippen LogP contribution in [0.3, 0.4) is 0 Å². The Bertz CT molecular complexity index is 1600. The van der Waals surface area contributed by atoms with Gasteiger partial charge >= 0.3 is 5.97 Å². The minimum atomic E-state index is -1.72. The van der Waals surface area contributed by atoms with Crippen molar-refractivity contribution in [2.24, 2.45) is 0 Å². The van der Waals surface area contributed by atoms with Crippen molar-refractivity contribution in [2.45, 2.75) is 115 Å². The molecule has 5 atom stereocenters. The Morgan fingerprint density at radius 2 is 1.62 bits per heavy atom. The molecule has 6 N–H and O–H groups in total. The number of carbonyl (C=O) groups excluding carboxylic acids is 6. The first-order valence-corrected chi connectivity index (χ1v) is 18.9. The van der Waals surface area contributed by atoms with Crippen molar-refractivity contribution in [3.8, 4) is 5.75 Å². The summed E-state index contributed by atoms with van der Waals surface area (Å²) in [6.07, 6.45) is 0.677. The average Bonchev–Trinajstić information content (AvgIpc) is 3.14. The van der Waals surface area contributed by atoms with Gasteiger partial charge in [0.1, 0.15) is 17.4 Å². The van der Waals surface area contributed by atoms with Gasteiger partial charge in [0.05, 0.1) is 38.3 Å². The largest absolute Gasteiger partial charge is 0.493 e. The summed E-state index contributed by atoms with van der Waals surface area (Å²) < 4.78 is 11.1. The highest BCUT2D eigenvalue weighted by Crippen LogP contribution is 2.20. The van der Waals surface area contributed by atoms with Crippen LogP contribution in [0.5, 0.6) is 5.75 Å². The molecule has 1 fully saturated rings. The van der Waals surface area contributed by atoms with Gasteiger partial charge in [0.25, 0.3) is 5.91 Å². The molecule has 15 heteroatoms. The highest BCUT2D eigenvalue weighted by atomic mass is 16.6. The van der Waals surface area contributed by atoms with Crippen LogP contribution in [0.25, 0.3) is 0 Å². The number of esters is 1. The molecule has 0 bridgehead atoms. The zero-order chi connectivity index (χ0) is 40.5. The van der Waals surface area contributed by atoms with Crippen LogP contribution < -0.4 is 26.0 Å². The van der Waals surface area contributed by atoms with E-state index in [-0.39, 0.29) is 19.4 Å². The molecule has 0 aromatic heterocycles. The molecule has 3 rings (SSSR count). The topological polar surface area (TPSA) is 213 Å². The number of carbonyl (C=O) groups is 6. The molecule has 5 amide bonds. The van der Waals surface area contributed by atoms with Gasteiger partial charge in [0.15, 0.2) is 12.1 Å². The van der Waals surface area contributed by atoms with Crippen LogP contribution >= 0.6 is 0 Å². The van der Waals surface area contributed by atoms with Crippen LogP contribution in [-0.2, 0) is 39.9 Å². The van der Waals surface area contributed by atoms with Gasteiger partial charge in [-0.3, -0.25) is 24.0 Å². The number of likely N-dealkylation sites (tertiary alicyclic amines) is 1. The van der Waals surface area contributed by atoms with Crippen LogP contribution in [0.4, 0.5) is 0 Å². The number of aliphatic hydroxyl groups excluding tert-OH is 2. The normalized spacial score (nSPS) is 16.4. The average molecular weight is 768 g/mol. The van der Waals surface area contributed by atoms with Gasteiger partial charge in [-0.1, -0.05) is 55.8 Å². The highest BCUT2D eigenvalue weighted by Gasteiger charge is 2.36. The Morgan fingerprint density at radius 3 is 2.29 bits per heavy atom. The van der Waals surface area contributed by atoms with Crippen LogP contribution in [-0.4, -0.2) is 107 Å². The molecule has 1 aliphatic rings. The Morgan fingerprint density at radius 1 is 0.891 bits per heavy atom. The fourth-order valence-corrected chi connectivity index (χ4v) is 5.97. The highest BCUT2D eigenvalue weighted by molar-refractivity contribution is 5.92. The molecule has 5 unspecified atom stereocenters. The summed E-state index contributed by atoms with van der Waals surface area (Å²) in [6, 6.07) is 12.4. The van der Waals surface area contributed by atoms with Crippen molar-refractivity contribution in [1.82, 2.24) is 26.2 Å². The lowest BCUT2D eigenvalue weighted by Gasteiger charge is -2.36. The monoisotopic (exact) mass is 767 g/mol. The Kier molecular flexibility index (Phi) is 17.6. The first-order valence-electron chi connectivity index (χ1n) is 18.9. The van der Waals surface area contributed by atoms with Crippen molar-refractivity contribution in [1.29, 1.82) is 0 Å². The van der Waals surface area contributed by atoms with Gasteiger partial charge < -0.3 is 45.9 Å². The molecular weight excluding hydrogens is 710 g/mol. The van der Waals surface area contributed by atoms with E-state index in [1.807, 2.05) is 6.92 Å². The summed E-state index contributed by atoms with van der Waals surface area (Å²) in [5, 5.41) is 30.7. The lowest BCUT2D eigenvalue weighted by atomic mass is 9.99. The van der Waals surface area contributed by atoms with E-state index in [1.54, 1.807) is 82.3 Å². The fourth-order valence-electron chi connectivity index (χ4n) is 5.97. The number of hydrogen-bond donors (Lipinski definition) is 6. The van der Waals surface area contributed by atoms with E-state index in [4.69, 9.17) is 9.47 Å². The van der Waals surface area contributed by atoms with Crippen LogP contribution in [0, 0.1) is 0 Å². The van der Waals surface area contributed by atoms with Crippen LogP contribution in [0.15, 0.2) is 54.6 Å². The molecule has 2 aromatic rings. The van der Waals surface area contributed by atoms with E-state index in [1.165, 1.54) is 4.90 Å². The Balaban J connectivity index is 1.55. The molecule has 1 heterocycles. The summed E-state index contributed by atoms with van der Waals surface area (Å²) in [7, 11) is 0. The van der Waals surface area contributed by atoms with E-state index in [0.717, 1.165) is 0 Å². The molecular formula is C40H57N5O10. The standard InChI is InChI=1S/C40H57N5O10/c1-6-13-30(36(50)38(52)42-24-33(48)44-35(28-15-8-7-9-16-28)39(53)55-40(3,4)5)43-37(51)31-18-10-11-20-45(31)34(49)25-41-32(47)23-27-14-12-17-29(22-27)54-21-19-26(2)46/h7-9,12,14-17,22,26,30-31,35-36,46,50H,6,10-11,13,18-21,23-25H2,1-5H3,(H,41,47)(H,42,52)(H,43,51)(H,44,48). The van der Waals surface area contributed by atoms with E-state index in [9.17, 15) is 39.0 Å². The fraction of sp³-hybridized carbons (Fsp3) is 0.550.